The van der Waals surface area contributed by atoms with Gasteiger partial charge in [-0.3, -0.25) is 9.59 Å². The van der Waals surface area contributed by atoms with Crippen molar-refractivity contribution in [1.82, 2.24) is 19.6 Å². The maximum absolute atomic E-state index is 13.2. The molecule has 11 heteroatoms. The molecule has 1 aliphatic carbocycles. The van der Waals surface area contributed by atoms with Crippen LogP contribution in [0.25, 0.3) is 0 Å². The number of rotatable bonds is 3. The quantitative estimate of drug-likeness (QED) is 0.676. The van der Waals surface area contributed by atoms with Crippen LogP contribution in [-0.4, -0.2) is 96.0 Å². The SMILES string of the molecule is CN(C)C(=O)N1C[C@H]2CC(N(CC(=O)N3CCC[C@H]3C#N)C(=O)C(F)(F)F)C[C@H]2C1. The van der Waals surface area contributed by atoms with Crippen molar-refractivity contribution in [1.29, 1.82) is 5.26 Å². The molecule has 166 valence electrons. The summed E-state index contributed by atoms with van der Waals surface area (Å²) in [6.07, 6.45) is -3.35. The molecule has 3 fully saturated rings. The van der Waals surface area contributed by atoms with Gasteiger partial charge in [0, 0.05) is 39.8 Å². The number of hydrogen-bond acceptors (Lipinski definition) is 4. The molecule has 3 aliphatic rings. The van der Waals surface area contributed by atoms with Crippen LogP contribution in [0.2, 0.25) is 0 Å². The van der Waals surface area contributed by atoms with Crippen LogP contribution in [0.5, 0.6) is 0 Å². The summed E-state index contributed by atoms with van der Waals surface area (Å²) in [4.78, 5) is 41.9. The Labute approximate surface area is 173 Å². The normalized spacial score (nSPS) is 28.3. The van der Waals surface area contributed by atoms with Gasteiger partial charge in [-0.05, 0) is 37.5 Å². The van der Waals surface area contributed by atoms with Crippen molar-refractivity contribution in [2.45, 2.75) is 43.9 Å². The Morgan fingerprint density at radius 1 is 1.13 bits per heavy atom. The summed E-state index contributed by atoms with van der Waals surface area (Å²) >= 11 is 0. The predicted octanol–water partition coefficient (Wildman–Crippen LogP) is 1.28. The zero-order chi connectivity index (χ0) is 22.2. The van der Waals surface area contributed by atoms with Crippen LogP contribution < -0.4 is 0 Å². The first-order chi connectivity index (χ1) is 14.0. The Morgan fingerprint density at radius 3 is 2.23 bits per heavy atom. The Bertz CT molecular complexity index is 737. The summed E-state index contributed by atoms with van der Waals surface area (Å²) in [5.41, 5.74) is 0. The highest BCUT2D eigenvalue weighted by Crippen LogP contribution is 2.41. The molecular weight excluding hydrogens is 403 g/mol. The van der Waals surface area contributed by atoms with Gasteiger partial charge in [-0.25, -0.2) is 4.79 Å². The molecule has 4 atom stereocenters. The fraction of sp³-hybridized carbons (Fsp3) is 0.789. The molecule has 0 aromatic heterocycles. The number of nitriles is 1. The largest absolute Gasteiger partial charge is 0.471 e. The van der Waals surface area contributed by atoms with Gasteiger partial charge in [0.15, 0.2) is 0 Å². The van der Waals surface area contributed by atoms with Crippen molar-refractivity contribution in [3.05, 3.63) is 0 Å². The minimum Gasteiger partial charge on any atom is -0.331 e. The smallest absolute Gasteiger partial charge is 0.331 e. The van der Waals surface area contributed by atoms with Gasteiger partial charge >= 0.3 is 18.1 Å². The molecule has 2 aliphatic heterocycles. The third-order valence-electron chi connectivity index (χ3n) is 6.35. The van der Waals surface area contributed by atoms with Crippen LogP contribution in [0.1, 0.15) is 25.7 Å². The summed E-state index contributed by atoms with van der Waals surface area (Å²) < 4.78 is 39.7. The van der Waals surface area contributed by atoms with E-state index in [1.54, 1.807) is 19.0 Å². The second kappa shape index (κ2) is 8.32. The zero-order valence-electron chi connectivity index (χ0n) is 17.1. The summed E-state index contributed by atoms with van der Waals surface area (Å²) in [6.45, 7) is 0.495. The van der Waals surface area contributed by atoms with Crippen LogP contribution >= 0.6 is 0 Å². The van der Waals surface area contributed by atoms with Crippen LogP contribution in [0.3, 0.4) is 0 Å². The lowest BCUT2D eigenvalue weighted by Crippen LogP contribution is -2.52. The summed E-state index contributed by atoms with van der Waals surface area (Å²) in [7, 11) is 3.28. The minimum atomic E-state index is -5.08. The zero-order valence-corrected chi connectivity index (χ0v) is 17.1. The van der Waals surface area contributed by atoms with Crippen molar-refractivity contribution in [3.63, 3.8) is 0 Å². The molecule has 1 unspecified atom stereocenters. The molecule has 0 radical (unpaired) electrons. The predicted molar refractivity (Wildman–Crippen MR) is 98.8 cm³/mol. The second-order valence-corrected chi connectivity index (χ2v) is 8.53. The Hall–Kier alpha value is -2.51. The van der Waals surface area contributed by atoms with E-state index in [1.165, 1.54) is 9.80 Å². The number of hydrogen-bond donors (Lipinski definition) is 0. The molecule has 3 rings (SSSR count). The fourth-order valence-corrected chi connectivity index (χ4v) is 4.93. The van der Waals surface area contributed by atoms with Crippen molar-refractivity contribution in [2.75, 3.05) is 40.3 Å². The molecule has 1 saturated carbocycles. The van der Waals surface area contributed by atoms with Gasteiger partial charge in [-0.15, -0.1) is 0 Å². The van der Waals surface area contributed by atoms with E-state index in [0.29, 0.717) is 50.2 Å². The van der Waals surface area contributed by atoms with Gasteiger partial charge in [0.25, 0.3) is 0 Å². The van der Waals surface area contributed by atoms with E-state index in [4.69, 9.17) is 5.26 Å². The van der Waals surface area contributed by atoms with E-state index in [1.807, 2.05) is 6.07 Å². The maximum Gasteiger partial charge on any atom is 0.471 e. The molecule has 8 nitrogen and oxygen atoms in total. The van der Waals surface area contributed by atoms with Gasteiger partial charge in [0.1, 0.15) is 12.6 Å². The van der Waals surface area contributed by atoms with E-state index in [2.05, 4.69) is 0 Å². The van der Waals surface area contributed by atoms with E-state index >= 15 is 0 Å². The Balaban J connectivity index is 1.71. The highest BCUT2D eigenvalue weighted by Gasteiger charge is 2.50. The summed E-state index contributed by atoms with van der Waals surface area (Å²) in [5, 5.41) is 9.15. The van der Waals surface area contributed by atoms with Crippen molar-refractivity contribution < 1.29 is 27.6 Å². The number of urea groups is 1. The van der Waals surface area contributed by atoms with Crippen molar-refractivity contribution in [3.8, 4) is 6.07 Å². The molecule has 2 saturated heterocycles. The highest BCUT2D eigenvalue weighted by atomic mass is 19.4. The Morgan fingerprint density at radius 2 is 1.73 bits per heavy atom. The lowest BCUT2D eigenvalue weighted by Gasteiger charge is -2.32. The third kappa shape index (κ3) is 4.32. The van der Waals surface area contributed by atoms with Crippen LogP contribution in [0.15, 0.2) is 0 Å². The first kappa shape index (κ1) is 22.2. The number of amides is 4. The van der Waals surface area contributed by atoms with E-state index in [-0.39, 0.29) is 17.9 Å². The van der Waals surface area contributed by atoms with Crippen LogP contribution in [0.4, 0.5) is 18.0 Å². The highest BCUT2D eigenvalue weighted by molar-refractivity contribution is 5.88. The number of carbonyl (C=O) groups is 3. The number of likely N-dealkylation sites (tertiary alicyclic amines) is 2. The number of carbonyl (C=O) groups excluding carboxylic acids is 3. The molecule has 0 spiro atoms. The van der Waals surface area contributed by atoms with Crippen molar-refractivity contribution in [2.24, 2.45) is 11.8 Å². The fourth-order valence-electron chi connectivity index (χ4n) is 4.93. The van der Waals surface area contributed by atoms with Gasteiger partial charge in [0.2, 0.25) is 5.91 Å². The molecule has 0 bridgehead atoms. The lowest BCUT2D eigenvalue weighted by atomic mass is 10.0. The van der Waals surface area contributed by atoms with Crippen molar-refractivity contribution >= 4 is 17.8 Å². The molecule has 2 heterocycles. The molecule has 0 aromatic rings. The molecular formula is C19H26F3N5O3. The van der Waals surface area contributed by atoms with Gasteiger partial charge in [0.05, 0.1) is 6.07 Å². The first-order valence-corrected chi connectivity index (χ1v) is 10.1. The Kier molecular flexibility index (Phi) is 6.15. The molecule has 30 heavy (non-hydrogen) atoms. The molecule has 0 N–H and O–H groups in total. The van der Waals surface area contributed by atoms with Gasteiger partial charge in [-0.2, -0.15) is 18.4 Å². The maximum atomic E-state index is 13.2. The van der Waals surface area contributed by atoms with Crippen LogP contribution in [-0.2, 0) is 9.59 Å². The topological polar surface area (TPSA) is 88.0 Å². The number of alkyl halides is 3. The minimum absolute atomic E-state index is 0.00354. The monoisotopic (exact) mass is 429 g/mol. The van der Waals surface area contributed by atoms with E-state index in [0.717, 1.165) is 0 Å². The third-order valence-corrected chi connectivity index (χ3v) is 6.35. The lowest BCUT2D eigenvalue weighted by molar-refractivity contribution is -0.188. The van der Waals surface area contributed by atoms with Crippen LogP contribution in [0, 0.1) is 23.2 Å². The van der Waals surface area contributed by atoms with E-state index < -0.39 is 36.6 Å². The van der Waals surface area contributed by atoms with Gasteiger partial charge < -0.3 is 19.6 Å². The molecule has 4 amide bonds. The molecule has 0 aromatic carbocycles. The average molecular weight is 429 g/mol. The van der Waals surface area contributed by atoms with E-state index in [9.17, 15) is 27.6 Å². The number of halogens is 3. The number of fused-ring (bicyclic) bond motifs is 1. The standard InChI is InChI=1S/C19H26F3N5O3/c1-24(2)18(30)25-9-12-6-15(7-13(12)10-25)27(17(29)19(20,21)22)11-16(28)26-5-3-4-14(26)8-23/h12-15H,3-7,9-11H2,1-2H3/t12-,13+,14-,15?/m0/s1. The second-order valence-electron chi connectivity index (χ2n) is 8.53. The van der Waals surface area contributed by atoms with Gasteiger partial charge in [-0.1, -0.05) is 0 Å². The summed E-state index contributed by atoms with van der Waals surface area (Å²) in [6, 6.07) is 0.481. The first-order valence-electron chi connectivity index (χ1n) is 10.1. The average Bonchev–Trinajstić information content (AvgIpc) is 3.37. The summed E-state index contributed by atoms with van der Waals surface area (Å²) in [5.74, 6) is -2.65. The number of nitrogens with zero attached hydrogens (tertiary/aromatic N) is 5.